The molecule has 3 rings (SSSR count). The highest BCUT2D eigenvalue weighted by Crippen LogP contribution is 2.14. The summed E-state index contributed by atoms with van der Waals surface area (Å²) in [4.78, 5) is 4.39. The highest BCUT2D eigenvalue weighted by molar-refractivity contribution is 7.00. The summed E-state index contributed by atoms with van der Waals surface area (Å²) in [5.41, 5.74) is 9.61. The van der Waals surface area contributed by atoms with Gasteiger partial charge in [-0.3, -0.25) is 4.99 Å². The van der Waals surface area contributed by atoms with Crippen molar-refractivity contribution < 1.29 is 0 Å². The number of hydrogen-bond acceptors (Lipinski definition) is 4. The Hall–Kier alpha value is -1.98. The summed E-state index contributed by atoms with van der Waals surface area (Å²) in [6, 6.07) is 13.3. The second kappa shape index (κ2) is 5.56. The van der Waals surface area contributed by atoms with E-state index in [9.17, 15) is 0 Å². The van der Waals surface area contributed by atoms with E-state index in [4.69, 9.17) is 17.3 Å². The van der Waals surface area contributed by atoms with E-state index < -0.39 is 0 Å². The van der Waals surface area contributed by atoms with Crippen LogP contribution in [0.2, 0.25) is 5.02 Å². The SMILES string of the molecule is NC(=NCc1cccc(Cl)c1)c1ccc2nsnc2c1. The van der Waals surface area contributed by atoms with Crippen LogP contribution in [0.25, 0.3) is 11.0 Å². The molecule has 0 unspecified atom stereocenters. The Labute approximate surface area is 125 Å². The van der Waals surface area contributed by atoms with Crippen molar-refractivity contribution in [2.75, 3.05) is 0 Å². The summed E-state index contributed by atoms with van der Waals surface area (Å²) in [6.07, 6.45) is 0. The van der Waals surface area contributed by atoms with Crippen LogP contribution in [-0.2, 0) is 6.54 Å². The predicted octanol–water partition coefficient (Wildman–Crippen LogP) is 3.25. The van der Waals surface area contributed by atoms with Gasteiger partial charge in [0.2, 0.25) is 0 Å². The van der Waals surface area contributed by atoms with Crippen LogP contribution in [-0.4, -0.2) is 14.6 Å². The molecule has 6 heteroatoms. The zero-order chi connectivity index (χ0) is 13.9. The van der Waals surface area contributed by atoms with Crippen LogP contribution in [0.4, 0.5) is 0 Å². The average Bonchev–Trinajstić information content (AvgIpc) is 2.92. The molecule has 20 heavy (non-hydrogen) atoms. The fraction of sp³-hybridized carbons (Fsp3) is 0.0714. The van der Waals surface area contributed by atoms with Gasteiger partial charge in [-0.1, -0.05) is 23.7 Å². The highest BCUT2D eigenvalue weighted by Gasteiger charge is 2.03. The molecule has 1 aromatic heterocycles. The minimum atomic E-state index is 0.486. The molecule has 0 saturated heterocycles. The lowest BCUT2D eigenvalue weighted by atomic mass is 10.2. The monoisotopic (exact) mass is 302 g/mol. The normalized spacial score (nSPS) is 11.9. The summed E-state index contributed by atoms with van der Waals surface area (Å²) < 4.78 is 8.35. The third-order valence-electron chi connectivity index (χ3n) is 2.87. The first-order valence-corrected chi connectivity index (χ1v) is 7.10. The minimum Gasteiger partial charge on any atom is -0.383 e. The van der Waals surface area contributed by atoms with Gasteiger partial charge in [0.05, 0.1) is 18.3 Å². The van der Waals surface area contributed by atoms with Crippen LogP contribution >= 0.6 is 23.3 Å². The average molecular weight is 303 g/mol. The molecule has 100 valence electrons. The van der Waals surface area contributed by atoms with Crippen molar-refractivity contribution in [1.82, 2.24) is 8.75 Å². The largest absolute Gasteiger partial charge is 0.383 e. The molecule has 0 aliphatic heterocycles. The number of nitrogens with two attached hydrogens (primary N) is 1. The molecule has 2 aromatic carbocycles. The van der Waals surface area contributed by atoms with Crippen LogP contribution < -0.4 is 5.73 Å². The number of aliphatic imine (C=N–C) groups is 1. The van der Waals surface area contributed by atoms with Crippen molar-refractivity contribution in [3.8, 4) is 0 Å². The lowest BCUT2D eigenvalue weighted by Crippen LogP contribution is -2.13. The van der Waals surface area contributed by atoms with Crippen molar-refractivity contribution >= 4 is 40.2 Å². The van der Waals surface area contributed by atoms with Crippen LogP contribution in [0.5, 0.6) is 0 Å². The Morgan fingerprint density at radius 1 is 1.15 bits per heavy atom. The first-order chi connectivity index (χ1) is 9.72. The van der Waals surface area contributed by atoms with E-state index in [0.717, 1.165) is 22.2 Å². The fourth-order valence-corrected chi connectivity index (χ4v) is 2.57. The highest BCUT2D eigenvalue weighted by atomic mass is 35.5. The molecule has 0 fully saturated rings. The number of aromatic nitrogens is 2. The van der Waals surface area contributed by atoms with Gasteiger partial charge in [-0.25, -0.2) is 0 Å². The lowest BCUT2D eigenvalue weighted by Gasteiger charge is -2.02. The number of amidine groups is 1. The van der Waals surface area contributed by atoms with Gasteiger partial charge < -0.3 is 5.73 Å². The molecular formula is C14H11ClN4S. The molecule has 0 saturated carbocycles. The van der Waals surface area contributed by atoms with E-state index in [1.165, 1.54) is 11.7 Å². The molecule has 0 aliphatic rings. The molecule has 4 nitrogen and oxygen atoms in total. The lowest BCUT2D eigenvalue weighted by molar-refractivity contribution is 1.06. The van der Waals surface area contributed by atoms with E-state index in [1.807, 2.05) is 42.5 Å². The Balaban J connectivity index is 1.83. The number of fused-ring (bicyclic) bond motifs is 1. The molecule has 0 radical (unpaired) electrons. The molecule has 0 amide bonds. The van der Waals surface area contributed by atoms with Crippen molar-refractivity contribution in [1.29, 1.82) is 0 Å². The Bertz CT molecular complexity index is 781. The summed E-state index contributed by atoms with van der Waals surface area (Å²) in [5.74, 6) is 0.486. The first kappa shape index (κ1) is 13.0. The molecular weight excluding hydrogens is 292 g/mol. The van der Waals surface area contributed by atoms with Crippen LogP contribution in [0.3, 0.4) is 0 Å². The number of rotatable bonds is 3. The van der Waals surface area contributed by atoms with Gasteiger partial charge in [-0.15, -0.1) is 0 Å². The second-order valence-electron chi connectivity index (χ2n) is 4.30. The van der Waals surface area contributed by atoms with E-state index in [0.29, 0.717) is 17.4 Å². The summed E-state index contributed by atoms with van der Waals surface area (Å²) in [7, 11) is 0. The maximum Gasteiger partial charge on any atom is 0.126 e. The first-order valence-electron chi connectivity index (χ1n) is 5.99. The van der Waals surface area contributed by atoms with E-state index >= 15 is 0 Å². The number of halogens is 1. The standard InChI is InChI=1S/C14H11ClN4S/c15-11-3-1-2-9(6-11)8-17-14(16)10-4-5-12-13(7-10)19-20-18-12/h1-7H,8H2,(H2,16,17). The smallest absolute Gasteiger partial charge is 0.126 e. The minimum absolute atomic E-state index is 0.486. The van der Waals surface area contributed by atoms with Crippen molar-refractivity contribution in [3.05, 3.63) is 58.6 Å². The molecule has 0 bridgehead atoms. The Morgan fingerprint density at radius 2 is 2.00 bits per heavy atom. The fourth-order valence-electron chi connectivity index (χ4n) is 1.84. The number of hydrogen-bond donors (Lipinski definition) is 1. The Morgan fingerprint density at radius 3 is 2.85 bits per heavy atom. The summed E-state index contributed by atoms with van der Waals surface area (Å²) >= 11 is 7.13. The van der Waals surface area contributed by atoms with Gasteiger partial charge in [0, 0.05) is 10.6 Å². The third kappa shape index (κ3) is 2.79. The third-order valence-corrected chi connectivity index (χ3v) is 3.66. The molecule has 1 heterocycles. The van der Waals surface area contributed by atoms with Crippen molar-refractivity contribution in [3.63, 3.8) is 0 Å². The van der Waals surface area contributed by atoms with Gasteiger partial charge >= 0.3 is 0 Å². The summed E-state index contributed by atoms with van der Waals surface area (Å²) in [5, 5.41) is 0.700. The summed E-state index contributed by atoms with van der Waals surface area (Å²) in [6.45, 7) is 0.500. The van der Waals surface area contributed by atoms with Crippen molar-refractivity contribution in [2.45, 2.75) is 6.54 Å². The predicted molar refractivity (Wildman–Crippen MR) is 83.3 cm³/mol. The molecule has 0 atom stereocenters. The molecule has 0 spiro atoms. The zero-order valence-electron chi connectivity index (χ0n) is 10.5. The van der Waals surface area contributed by atoms with E-state index in [2.05, 4.69) is 13.7 Å². The Kier molecular flexibility index (Phi) is 3.62. The van der Waals surface area contributed by atoms with Crippen LogP contribution in [0, 0.1) is 0 Å². The van der Waals surface area contributed by atoms with Crippen LogP contribution in [0.1, 0.15) is 11.1 Å². The van der Waals surface area contributed by atoms with Gasteiger partial charge in [0.25, 0.3) is 0 Å². The maximum absolute atomic E-state index is 6.01. The van der Waals surface area contributed by atoms with Gasteiger partial charge in [0.1, 0.15) is 16.9 Å². The zero-order valence-corrected chi connectivity index (χ0v) is 12.0. The van der Waals surface area contributed by atoms with Gasteiger partial charge in [0.15, 0.2) is 0 Å². The molecule has 3 aromatic rings. The van der Waals surface area contributed by atoms with Gasteiger partial charge in [-0.2, -0.15) is 8.75 Å². The maximum atomic E-state index is 6.01. The molecule has 0 aliphatic carbocycles. The topological polar surface area (TPSA) is 64.2 Å². The van der Waals surface area contributed by atoms with E-state index in [1.54, 1.807) is 0 Å². The molecule has 2 N–H and O–H groups in total. The number of benzene rings is 2. The number of nitrogens with zero attached hydrogens (tertiary/aromatic N) is 3. The van der Waals surface area contributed by atoms with E-state index in [-0.39, 0.29) is 0 Å². The quantitative estimate of drug-likeness (QED) is 0.596. The van der Waals surface area contributed by atoms with Gasteiger partial charge in [-0.05, 0) is 35.9 Å². The van der Waals surface area contributed by atoms with Crippen molar-refractivity contribution in [2.24, 2.45) is 10.7 Å². The second-order valence-corrected chi connectivity index (χ2v) is 5.26. The van der Waals surface area contributed by atoms with Crippen LogP contribution in [0.15, 0.2) is 47.5 Å².